The molecule has 0 radical (unpaired) electrons. The molecule has 2 heterocycles. The fourth-order valence-electron chi connectivity index (χ4n) is 3.03. The Bertz CT molecular complexity index is 511. The molecule has 3 N–H and O–H groups in total. The predicted molar refractivity (Wildman–Crippen MR) is 75.7 cm³/mol. The molecule has 1 aliphatic heterocycles. The summed E-state index contributed by atoms with van der Waals surface area (Å²) in [5, 5.41) is 8.27. The van der Waals surface area contributed by atoms with Gasteiger partial charge in [0.2, 0.25) is 0 Å². The molecule has 0 amide bonds. The van der Waals surface area contributed by atoms with Crippen molar-refractivity contribution >= 4 is 10.9 Å². The van der Waals surface area contributed by atoms with Crippen molar-refractivity contribution in [2.24, 2.45) is 5.92 Å². The summed E-state index contributed by atoms with van der Waals surface area (Å²) in [7, 11) is 2.06. The Balaban J connectivity index is 1.86. The summed E-state index contributed by atoms with van der Waals surface area (Å²) in [5.41, 5.74) is 2.64. The second-order valence-corrected chi connectivity index (χ2v) is 5.23. The molecule has 96 valence electrons. The van der Waals surface area contributed by atoms with Crippen molar-refractivity contribution in [3.8, 4) is 0 Å². The van der Waals surface area contributed by atoms with Gasteiger partial charge in [-0.15, -0.1) is 0 Å². The molecule has 18 heavy (non-hydrogen) atoms. The van der Waals surface area contributed by atoms with Crippen LogP contribution in [0.3, 0.4) is 0 Å². The third-order valence-corrected chi connectivity index (χ3v) is 4.08. The summed E-state index contributed by atoms with van der Waals surface area (Å²) in [5.74, 6) is 0.802. The van der Waals surface area contributed by atoms with Gasteiger partial charge in [-0.2, -0.15) is 0 Å². The van der Waals surface area contributed by atoms with E-state index in [0.717, 1.165) is 5.92 Å². The number of hydrogen-bond acceptors (Lipinski definition) is 2. The maximum absolute atomic E-state index is 3.48. The quantitative estimate of drug-likeness (QED) is 0.772. The molecule has 3 rings (SSSR count). The summed E-state index contributed by atoms with van der Waals surface area (Å²) >= 11 is 0. The van der Waals surface area contributed by atoms with E-state index >= 15 is 0 Å². The van der Waals surface area contributed by atoms with E-state index in [2.05, 4.69) is 53.1 Å². The minimum absolute atomic E-state index is 0.450. The van der Waals surface area contributed by atoms with Gasteiger partial charge in [0.25, 0.3) is 0 Å². The van der Waals surface area contributed by atoms with E-state index < -0.39 is 0 Å². The van der Waals surface area contributed by atoms with Gasteiger partial charge >= 0.3 is 0 Å². The molecule has 1 fully saturated rings. The lowest BCUT2D eigenvalue weighted by molar-refractivity contribution is 0.432. The van der Waals surface area contributed by atoms with Crippen LogP contribution in [-0.4, -0.2) is 25.1 Å². The van der Waals surface area contributed by atoms with Crippen LogP contribution >= 0.6 is 0 Å². The first-order valence-electron chi connectivity index (χ1n) is 6.82. The number of nitrogens with one attached hydrogen (secondary N) is 3. The maximum Gasteiger partial charge on any atom is 0.0457 e. The summed E-state index contributed by atoms with van der Waals surface area (Å²) in [6.07, 6.45) is 4.68. The minimum atomic E-state index is 0.450. The van der Waals surface area contributed by atoms with Crippen LogP contribution in [-0.2, 0) is 0 Å². The second-order valence-electron chi connectivity index (χ2n) is 5.23. The standard InChI is InChI=1S/C15H21N3/c1-16-15(8-11-6-7-17-9-11)13-10-18-14-5-3-2-4-12(13)14/h2-5,10-11,15-18H,6-9H2,1H3. The van der Waals surface area contributed by atoms with Crippen LogP contribution < -0.4 is 10.6 Å². The Labute approximate surface area is 108 Å². The summed E-state index contributed by atoms with van der Waals surface area (Å²) in [4.78, 5) is 3.37. The van der Waals surface area contributed by atoms with E-state index in [1.165, 1.54) is 42.4 Å². The molecule has 2 aromatic rings. The summed E-state index contributed by atoms with van der Waals surface area (Å²) < 4.78 is 0. The van der Waals surface area contributed by atoms with Gasteiger partial charge in [-0.25, -0.2) is 0 Å². The van der Waals surface area contributed by atoms with E-state index in [0.29, 0.717) is 6.04 Å². The molecule has 0 saturated carbocycles. The molecule has 3 heteroatoms. The van der Waals surface area contributed by atoms with Crippen LogP contribution in [0.2, 0.25) is 0 Å². The highest BCUT2D eigenvalue weighted by Gasteiger charge is 2.21. The molecule has 2 atom stereocenters. The number of fused-ring (bicyclic) bond motifs is 1. The molecular weight excluding hydrogens is 222 g/mol. The van der Waals surface area contributed by atoms with Gasteiger partial charge in [0, 0.05) is 23.1 Å². The maximum atomic E-state index is 3.48. The molecule has 2 unspecified atom stereocenters. The van der Waals surface area contributed by atoms with Gasteiger partial charge < -0.3 is 15.6 Å². The number of aromatic amines is 1. The topological polar surface area (TPSA) is 39.8 Å². The van der Waals surface area contributed by atoms with Crippen molar-refractivity contribution in [1.82, 2.24) is 15.6 Å². The van der Waals surface area contributed by atoms with Crippen LogP contribution in [0.25, 0.3) is 10.9 Å². The van der Waals surface area contributed by atoms with Gasteiger partial charge in [0.05, 0.1) is 0 Å². The Kier molecular flexibility index (Phi) is 3.35. The normalized spacial score (nSPS) is 21.5. The molecule has 0 aliphatic carbocycles. The molecule has 1 aromatic heterocycles. The molecule has 1 aliphatic rings. The van der Waals surface area contributed by atoms with Gasteiger partial charge in [0.15, 0.2) is 0 Å². The number of aromatic nitrogens is 1. The fraction of sp³-hybridized carbons (Fsp3) is 0.467. The first-order valence-corrected chi connectivity index (χ1v) is 6.82. The first-order chi connectivity index (χ1) is 8.88. The van der Waals surface area contributed by atoms with Crippen molar-refractivity contribution in [3.63, 3.8) is 0 Å². The Morgan fingerprint density at radius 1 is 1.39 bits per heavy atom. The third-order valence-electron chi connectivity index (χ3n) is 4.08. The molecule has 0 spiro atoms. The highest BCUT2D eigenvalue weighted by atomic mass is 14.9. The Morgan fingerprint density at radius 3 is 3.06 bits per heavy atom. The number of H-pyrrole nitrogens is 1. The Hall–Kier alpha value is -1.32. The van der Waals surface area contributed by atoms with Crippen LogP contribution in [0.4, 0.5) is 0 Å². The largest absolute Gasteiger partial charge is 0.361 e. The van der Waals surface area contributed by atoms with Crippen LogP contribution in [0.5, 0.6) is 0 Å². The molecule has 1 aromatic carbocycles. The average molecular weight is 243 g/mol. The SMILES string of the molecule is CNC(CC1CCNC1)c1c[nH]c2ccccc12. The van der Waals surface area contributed by atoms with E-state index in [9.17, 15) is 0 Å². The van der Waals surface area contributed by atoms with Gasteiger partial charge in [-0.3, -0.25) is 0 Å². The van der Waals surface area contributed by atoms with E-state index in [-0.39, 0.29) is 0 Å². The highest BCUT2D eigenvalue weighted by molar-refractivity contribution is 5.83. The number of benzene rings is 1. The zero-order valence-corrected chi connectivity index (χ0v) is 10.9. The van der Waals surface area contributed by atoms with Crippen molar-refractivity contribution < 1.29 is 0 Å². The monoisotopic (exact) mass is 243 g/mol. The van der Waals surface area contributed by atoms with Crippen LogP contribution in [0.1, 0.15) is 24.4 Å². The predicted octanol–water partition coefficient (Wildman–Crippen LogP) is 2.43. The third kappa shape index (κ3) is 2.16. The van der Waals surface area contributed by atoms with Gasteiger partial charge in [0.1, 0.15) is 0 Å². The summed E-state index contributed by atoms with van der Waals surface area (Å²) in [6, 6.07) is 8.99. The zero-order valence-electron chi connectivity index (χ0n) is 10.9. The van der Waals surface area contributed by atoms with Crippen LogP contribution in [0.15, 0.2) is 30.5 Å². The first kappa shape index (κ1) is 11.8. The number of para-hydroxylation sites is 1. The zero-order chi connectivity index (χ0) is 12.4. The second kappa shape index (κ2) is 5.12. The van der Waals surface area contributed by atoms with Gasteiger partial charge in [-0.05, 0) is 50.5 Å². The highest BCUT2D eigenvalue weighted by Crippen LogP contribution is 2.29. The van der Waals surface area contributed by atoms with E-state index in [1.807, 2.05) is 0 Å². The van der Waals surface area contributed by atoms with Crippen molar-refractivity contribution in [2.45, 2.75) is 18.9 Å². The smallest absolute Gasteiger partial charge is 0.0457 e. The lowest BCUT2D eigenvalue weighted by atomic mass is 9.94. The molecular formula is C15H21N3. The fourth-order valence-corrected chi connectivity index (χ4v) is 3.03. The van der Waals surface area contributed by atoms with E-state index in [1.54, 1.807) is 0 Å². The average Bonchev–Trinajstić information content (AvgIpc) is 3.05. The van der Waals surface area contributed by atoms with Crippen LogP contribution in [0, 0.1) is 5.92 Å². The van der Waals surface area contributed by atoms with E-state index in [4.69, 9.17) is 0 Å². The van der Waals surface area contributed by atoms with Gasteiger partial charge in [-0.1, -0.05) is 18.2 Å². The van der Waals surface area contributed by atoms with Crippen molar-refractivity contribution in [3.05, 3.63) is 36.0 Å². The number of rotatable bonds is 4. The number of hydrogen-bond donors (Lipinski definition) is 3. The lowest BCUT2D eigenvalue weighted by Crippen LogP contribution is -2.21. The molecule has 0 bridgehead atoms. The summed E-state index contributed by atoms with van der Waals surface area (Å²) in [6.45, 7) is 2.34. The minimum Gasteiger partial charge on any atom is -0.361 e. The van der Waals surface area contributed by atoms with Crippen molar-refractivity contribution in [1.29, 1.82) is 0 Å². The van der Waals surface area contributed by atoms with Crippen molar-refractivity contribution in [2.75, 3.05) is 20.1 Å². The molecule has 1 saturated heterocycles. The molecule has 3 nitrogen and oxygen atoms in total. The Morgan fingerprint density at radius 2 is 2.28 bits per heavy atom. The lowest BCUT2D eigenvalue weighted by Gasteiger charge is -2.19.